The molecule has 78 valence electrons. The molecule has 1 atom stereocenters. The molecule has 0 aliphatic heterocycles. The highest BCUT2D eigenvalue weighted by atomic mass is 27.1. The number of aliphatic hydroxyl groups excluding tert-OH is 1. The summed E-state index contributed by atoms with van der Waals surface area (Å²) in [7, 11) is 0. The van der Waals surface area contributed by atoms with Gasteiger partial charge in [0.2, 0.25) is 0 Å². The second-order valence-corrected chi connectivity index (χ2v) is 4.12. The van der Waals surface area contributed by atoms with Crippen LogP contribution in [0.15, 0.2) is 3.98 Å². The second kappa shape index (κ2) is 6.41. The van der Waals surface area contributed by atoms with Crippen LogP contribution in [0.25, 0.3) is 0 Å². The summed E-state index contributed by atoms with van der Waals surface area (Å²) in [6.45, 7) is 0. The average molecular weight is 212 g/mol. The Balaban J connectivity index is 2.35. The predicted molar refractivity (Wildman–Crippen MR) is 55.3 cm³/mol. The molecule has 0 aromatic rings. The van der Waals surface area contributed by atoms with Crippen LogP contribution >= 0.6 is 0 Å². The first kappa shape index (κ1) is 12.0. The Labute approximate surface area is 93.0 Å². The van der Waals surface area contributed by atoms with Gasteiger partial charge in [0.05, 0.1) is 11.9 Å². The molecule has 3 N–H and O–H groups in total. The Kier molecular flexibility index (Phi) is 5.50. The largest absolute Gasteiger partial charge is 0.415 e. The molecule has 1 rings (SSSR count). The smallest absolute Gasteiger partial charge is 0.348 e. The summed E-state index contributed by atoms with van der Waals surface area (Å²) in [5.74, 6) is 0.798. The first-order chi connectivity index (χ1) is 6.77. The summed E-state index contributed by atoms with van der Waals surface area (Å²) in [5, 5.41) is 18.5. The van der Waals surface area contributed by atoms with Crippen LogP contribution in [0.3, 0.4) is 0 Å². The van der Waals surface area contributed by atoms with Gasteiger partial charge in [-0.05, 0) is 18.8 Å². The molecule has 1 aliphatic rings. The van der Waals surface area contributed by atoms with Gasteiger partial charge in [-0.1, -0.05) is 19.3 Å². The van der Waals surface area contributed by atoms with Crippen molar-refractivity contribution in [2.45, 2.75) is 44.6 Å². The van der Waals surface area contributed by atoms with E-state index in [1.807, 2.05) is 5.48 Å². The number of hydrogen-bond donors (Lipinski definition) is 3. The van der Waals surface area contributed by atoms with Gasteiger partial charge in [0.15, 0.2) is 0 Å². The van der Waals surface area contributed by atoms with E-state index in [2.05, 4.69) is 20.5 Å². The van der Waals surface area contributed by atoms with Crippen LogP contribution in [-0.2, 0) is 0 Å². The molecule has 1 aliphatic carbocycles. The molecule has 1 unspecified atom stereocenters. The lowest BCUT2D eigenvalue weighted by Crippen LogP contribution is -2.30. The highest BCUT2D eigenvalue weighted by Gasteiger charge is 2.22. The van der Waals surface area contributed by atoms with Crippen molar-refractivity contribution >= 4 is 22.3 Å². The van der Waals surface area contributed by atoms with E-state index in [1.54, 1.807) is 0 Å². The van der Waals surface area contributed by atoms with Crippen molar-refractivity contribution in [3.63, 3.8) is 0 Å². The zero-order valence-corrected chi connectivity index (χ0v) is 9.47. The Bertz CT molecular complexity index is 193. The zero-order chi connectivity index (χ0) is 10.4. The quantitative estimate of drug-likeness (QED) is 0.280. The van der Waals surface area contributed by atoms with Crippen molar-refractivity contribution < 1.29 is 10.3 Å². The van der Waals surface area contributed by atoms with E-state index in [4.69, 9.17) is 5.21 Å². The van der Waals surface area contributed by atoms with E-state index in [0.29, 0.717) is 18.2 Å². The minimum Gasteiger partial charge on any atom is -0.415 e. The van der Waals surface area contributed by atoms with Crippen LogP contribution < -0.4 is 5.48 Å². The SMILES string of the molecule is ONC(CC(O)C1CCCCC1)=[N][Al]. The van der Waals surface area contributed by atoms with Gasteiger partial charge in [-0.25, -0.2) is 0 Å². The maximum Gasteiger partial charge on any atom is 0.348 e. The second-order valence-electron chi connectivity index (χ2n) is 3.86. The molecular weight excluding hydrogens is 195 g/mol. The van der Waals surface area contributed by atoms with Crippen molar-refractivity contribution in [2.24, 2.45) is 9.89 Å². The number of nitrogens with one attached hydrogen (secondary N) is 1. The minimum atomic E-state index is -0.380. The third kappa shape index (κ3) is 3.58. The molecule has 5 heteroatoms. The van der Waals surface area contributed by atoms with Crippen LogP contribution in [-0.4, -0.2) is 38.8 Å². The van der Waals surface area contributed by atoms with E-state index in [9.17, 15) is 5.11 Å². The average Bonchev–Trinajstić information content (AvgIpc) is 2.26. The van der Waals surface area contributed by atoms with Crippen LogP contribution in [0.4, 0.5) is 0 Å². The molecule has 0 saturated heterocycles. The van der Waals surface area contributed by atoms with Gasteiger partial charge in [0.25, 0.3) is 0 Å². The lowest BCUT2D eigenvalue weighted by molar-refractivity contribution is 0.0876. The maximum absolute atomic E-state index is 9.87. The van der Waals surface area contributed by atoms with Crippen LogP contribution in [0.1, 0.15) is 38.5 Å². The number of aliphatic hydroxyl groups is 1. The fourth-order valence-corrected chi connectivity index (χ4v) is 2.17. The summed E-state index contributed by atoms with van der Waals surface area (Å²) in [6, 6.07) is 0. The summed E-state index contributed by atoms with van der Waals surface area (Å²) in [4.78, 5) is 0. The predicted octanol–water partition coefficient (Wildman–Crippen LogP) is 0.778. The van der Waals surface area contributed by atoms with Gasteiger partial charge in [0, 0.05) is 6.42 Å². The van der Waals surface area contributed by atoms with E-state index in [1.165, 1.54) is 19.3 Å². The number of amidine groups is 1. The third-order valence-electron chi connectivity index (χ3n) is 2.88. The van der Waals surface area contributed by atoms with E-state index in [-0.39, 0.29) is 6.10 Å². The van der Waals surface area contributed by atoms with Crippen LogP contribution in [0.2, 0.25) is 0 Å². The van der Waals surface area contributed by atoms with Crippen molar-refractivity contribution in [2.75, 3.05) is 0 Å². The zero-order valence-electron chi connectivity index (χ0n) is 8.32. The van der Waals surface area contributed by atoms with Crippen LogP contribution in [0, 0.1) is 5.92 Å². The number of hydroxylamine groups is 1. The van der Waals surface area contributed by atoms with Gasteiger partial charge in [-0.15, -0.1) is 0 Å². The summed E-state index contributed by atoms with van der Waals surface area (Å²) >= 11 is 2.17. The van der Waals surface area contributed by atoms with Gasteiger partial charge >= 0.3 is 16.5 Å². The summed E-state index contributed by atoms with van der Waals surface area (Å²) in [5.41, 5.74) is 1.99. The summed E-state index contributed by atoms with van der Waals surface area (Å²) < 4.78 is 3.75. The molecule has 1 saturated carbocycles. The lowest BCUT2D eigenvalue weighted by atomic mass is 9.84. The molecule has 1 fully saturated rings. The molecule has 14 heavy (non-hydrogen) atoms. The molecule has 0 aromatic heterocycles. The molecule has 2 radical (unpaired) electrons. The van der Waals surface area contributed by atoms with Gasteiger partial charge in [-0.2, -0.15) is 0 Å². The van der Waals surface area contributed by atoms with Gasteiger partial charge in [-0.3, -0.25) is 10.7 Å². The fraction of sp³-hybridized carbons (Fsp3) is 0.889. The third-order valence-corrected chi connectivity index (χ3v) is 3.19. The van der Waals surface area contributed by atoms with Crippen molar-refractivity contribution in [3.8, 4) is 0 Å². The monoisotopic (exact) mass is 212 g/mol. The van der Waals surface area contributed by atoms with E-state index in [0.717, 1.165) is 12.8 Å². The molecule has 0 spiro atoms. The highest BCUT2D eigenvalue weighted by Crippen LogP contribution is 2.27. The molecule has 0 bridgehead atoms. The van der Waals surface area contributed by atoms with Gasteiger partial charge in [0.1, 0.15) is 0 Å². The van der Waals surface area contributed by atoms with Crippen molar-refractivity contribution in [1.29, 1.82) is 0 Å². The van der Waals surface area contributed by atoms with Crippen molar-refractivity contribution in [1.82, 2.24) is 5.48 Å². The lowest BCUT2D eigenvalue weighted by Gasteiger charge is -2.26. The van der Waals surface area contributed by atoms with E-state index < -0.39 is 0 Å². The first-order valence-electron chi connectivity index (χ1n) is 5.13. The number of hydrogen-bond acceptors (Lipinski definition) is 3. The molecule has 0 aromatic carbocycles. The number of rotatable bonds is 3. The minimum absolute atomic E-state index is 0.374. The maximum atomic E-state index is 9.87. The normalized spacial score (nSPS) is 22.0. The van der Waals surface area contributed by atoms with Gasteiger partial charge < -0.3 is 9.08 Å². The number of nitrogens with zero attached hydrogens (tertiary/aromatic N) is 1. The first-order valence-corrected chi connectivity index (χ1v) is 5.64. The Morgan fingerprint density at radius 3 is 2.57 bits per heavy atom. The molecular formula is C9H17AlN2O2. The van der Waals surface area contributed by atoms with Crippen molar-refractivity contribution in [3.05, 3.63) is 0 Å². The Hall–Kier alpha value is -0.0775. The Morgan fingerprint density at radius 1 is 1.43 bits per heavy atom. The summed E-state index contributed by atoms with van der Waals surface area (Å²) in [6.07, 6.45) is 5.92. The molecule has 0 heterocycles. The highest BCUT2D eigenvalue weighted by molar-refractivity contribution is 6.12. The fourth-order valence-electron chi connectivity index (χ4n) is 2.01. The topological polar surface area (TPSA) is 64.8 Å². The standard InChI is InChI=1S/C9H17N2O2.Al/c10-9(11-13)6-8(12)7-4-2-1-3-5-7;/h7-8,12H,1-6H2,(H2-,10,11,13);/q-1;+1. The van der Waals surface area contributed by atoms with Crippen LogP contribution in [0.5, 0.6) is 0 Å². The molecule has 4 nitrogen and oxygen atoms in total. The Morgan fingerprint density at radius 2 is 2.07 bits per heavy atom. The van der Waals surface area contributed by atoms with E-state index >= 15 is 0 Å². The molecule has 0 amide bonds.